The number of methoxy groups -OCH3 is 1. The van der Waals surface area contributed by atoms with Crippen LogP contribution in [0.2, 0.25) is 0 Å². The number of alkyl halides is 3. The first-order valence-corrected chi connectivity index (χ1v) is 7.11. The van der Waals surface area contributed by atoms with E-state index >= 15 is 0 Å². The molecule has 3 N–H and O–H groups in total. The van der Waals surface area contributed by atoms with Crippen molar-refractivity contribution < 1.29 is 17.9 Å². The molecule has 1 atom stereocenters. The van der Waals surface area contributed by atoms with Crippen LogP contribution in [0.25, 0.3) is 0 Å². The molecular weight excluding hydrogens is 281 g/mol. The number of nitrogens with one attached hydrogen (secondary N) is 1. The van der Waals surface area contributed by atoms with Gasteiger partial charge in [-0.1, -0.05) is 31.4 Å². The third-order valence-electron chi connectivity index (χ3n) is 4.37. The Bertz CT molecular complexity index is 453. The summed E-state index contributed by atoms with van der Waals surface area (Å²) in [6.45, 7) is 0. The predicted molar refractivity (Wildman–Crippen MR) is 74.3 cm³/mol. The van der Waals surface area contributed by atoms with Crippen LogP contribution in [0, 0.1) is 0 Å². The molecule has 1 aliphatic carbocycles. The number of hydrogen-bond donors (Lipinski definition) is 2. The van der Waals surface area contributed by atoms with Crippen molar-refractivity contribution in [2.75, 3.05) is 7.11 Å². The zero-order chi connectivity index (χ0) is 15.5. The molecule has 0 heterocycles. The second-order valence-corrected chi connectivity index (χ2v) is 5.55. The molecule has 0 bridgehead atoms. The highest BCUT2D eigenvalue weighted by atomic mass is 19.4. The van der Waals surface area contributed by atoms with Gasteiger partial charge >= 0.3 is 6.18 Å². The number of rotatable bonds is 4. The van der Waals surface area contributed by atoms with E-state index in [4.69, 9.17) is 10.6 Å². The summed E-state index contributed by atoms with van der Waals surface area (Å²) in [5.41, 5.74) is 2.34. The van der Waals surface area contributed by atoms with Crippen LogP contribution in [-0.2, 0) is 10.9 Å². The molecule has 0 saturated heterocycles. The standard InChI is InChI=1S/C15H21F3N2O/c1-21-14(9-3-2-4-10-14)13(20-19)11-5-7-12(8-6-11)15(16,17)18/h5-8,13,20H,2-4,9-10,19H2,1H3. The van der Waals surface area contributed by atoms with Crippen molar-refractivity contribution in [2.45, 2.75) is 49.9 Å². The van der Waals surface area contributed by atoms with E-state index in [2.05, 4.69) is 5.43 Å². The lowest BCUT2D eigenvalue weighted by molar-refractivity contribution is -0.137. The molecule has 21 heavy (non-hydrogen) atoms. The first kappa shape index (κ1) is 16.3. The van der Waals surface area contributed by atoms with Gasteiger partial charge < -0.3 is 4.74 Å². The first-order chi connectivity index (χ1) is 9.93. The summed E-state index contributed by atoms with van der Waals surface area (Å²) >= 11 is 0. The van der Waals surface area contributed by atoms with Gasteiger partial charge in [-0.15, -0.1) is 0 Å². The number of benzene rings is 1. The Kier molecular flexibility index (Phi) is 4.91. The van der Waals surface area contributed by atoms with Crippen LogP contribution in [-0.4, -0.2) is 12.7 Å². The molecule has 2 rings (SSSR count). The fourth-order valence-electron chi connectivity index (χ4n) is 3.18. The summed E-state index contributed by atoms with van der Waals surface area (Å²) in [5, 5.41) is 0. The minimum absolute atomic E-state index is 0.315. The van der Waals surface area contributed by atoms with Crippen LogP contribution >= 0.6 is 0 Å². The van der Waals surface area contributed by atoms with E-state index in [1.165, 1.54) is 12.1 Å². The average molecular weight is 302 g/mol. The Morgan fingerprint density at radius 1 is 1.14 bits per heavy atom. The van der Waals surface area contributed by atoms with E-state index in [1.807, 2.05) is 0 Å². The molecule has 0 spiro atoms. The molecule has 6 heteroatoms. The molecule has 1 aliphatic rings. The maximum absolute atomic E-state index is 12.6. The monoisotopic (exact) mass is 302 g/mol. The van der Waals surface area contributed by atoms with Crippen molar-refractivity contribution in [1.82, 2.24) is 5.43 Å². The van der Waals surface area contributed by atoms with Gasteiger partial charge in [-0.25, -0.2) is 0 Å². The quantitative estimate of drug-likeness (QED) is 0.660. The summed E-state index contributed by atoms with van der Waals surface area (Å²) in [6, 6.07) is 4.81. The largest absolute Gasteiger partial charge is 0.416 e. The van der Waals surface area contributed by atoms with Crippen LogP contribution in [0.3, 0.4) is 0 Å². The summed E-state index contributed by atoms with van der Waals surface area (Å²) in [5.74, 6) is 5.67. The zero-order valence-electron chi connectivity index (χ0n) is 12.0. The van der Waals surface area contributed by atoms with Gasteiger partial charge in [0.05, 0.1) is 17.2 Å². The molecule has 1 aromatic rings. The van der Waals surface area contributed by atoms with E-state index < -0.39 is 17.3 Å². The third-order valence-corrected chi connectivity index (χ3v) is 4.37. The van der Waals surface area contributed by atoms with Crippen LogP contribution in [0.1, 0.15) is 49.3 Å². The molecule has 1 aromatic carbocycles. The minimum atomic E-state index is -4.33. The minimum Gasteiger partial charge on any atom is -0.376 e. The molecule has 1 saturated carbocycles. The lowest BCUT2D eigenvalue weighted by atomic mass is 9.77. The smallest absolute Gasteiger partial charge is 0.376 e. The number of halogens is 3. The van der Waals surface area contributed by atoms with E-state index in [0.717, 1.165) is 44.2 Å². The Balaban J connectivity index is 2.28. The molecule has 1 unspecified atom stereocenters. The number of hydrazine groups is 1. The maximum Gasteiger partial charge on any atom is 0.416 e. The number of hydrogen-bond acceptors (Lipinski definition) is 3. The van der Waals surface area contributed by atoms with E-state index in [9.17, 15) is 13.2 Å². The fraction of sp³-hybridized carbons (Fsp3) is 0.600. The maximum atomic E-state index is 12.6. The number of ether oxygens (including phenoxy) is 1. The summed E-state index contributed by atoms with van der Waals surface area (Å²) in [6.07, 6.45) is 0.585. The highest BCUT2D eigenvalue weighted by molar-refractivity contribution is 5.28. The van der Waals surface area contributed by atoms with Gasteiger partial charge in [0, 0.05) is 7.11 Å². The van der Waals surface area contributed by atoms with Gasteiger partial charge in [0.25, 0.3) is 0 Å². The molecule has 0 amide bonds. The zero-order valence-corrected chi connectivity index (χ0v) is 12.0. The predicted octanol–water partition coefficient (Wildman–Crippen LogP) is 3.56. The van der Waals surface area contributed by atoms with Gasteiger partial charge in [0.15, 0.2) is 0 Å². The van der Waals surface area contributed by atoms with E-state index in [-0.39, 0.29) is 6.04 Å². The van der Waals surface area contributed by atoms with Crippen LogP contribution in [0.15, 0.2) is 24.3 Å². The van der Waals surface area contributed by atoms with Gasteiger partial charge in [0.1, 0.15) is 0 Å². The van der Waals surface area contributed by atoms with E-state index in [0.29, 0.717) is 5.56 Å². The van der Waals surface area contributed by atoms with Crippen LogP contribution < -0.4 is 11.3 Å². The molecule has 118 valence electrons. The van der Waals surface area contributed by atoms with Gasteiger partial charge in [-0.3, -0.25) is 11.3 Å². The Morgan fingerprint density at radius 2 is 1.71 bits per heavy atom. The average Bonchev–Trinajstić information content (AvgIpc) is 2.48. The van der Waals surface area contributed by atoms with Crippen molar-refractivity contribution in [3.05, 3.63) is 35.4 Å². The summed E-state index contributed by atoms with van der Waals surface area (Å²) in [4.78, 5) is 0. The normalized spacial score (nSPS) is 20.2. The topological polar surface area (TPSA) is 47.3 Å². The molecule has 0 radical (unpaired) electrons. The lowest BCUT2D eigenvalue weighted by Gasteiger charge is -2.42. The van der Waals surface area contributed by atoms with Crippen molar-refractivity contribution in [2.24, 2.45) is 5.84 Å². The van der Waals surface area contributed by atoms with Crippen molar-refractivity contribution in [3.63, 3.8) is 0 Å². The Morgan fingerprint density at radius 3 is 2.14 bits per heavy atom. The van der Waals surface area contributed by atoms with Crippen molar-refractivity contribution in [3.8, 4) is 0 Å². The fourth-order valence-corrected chi connectivity index (χ4v) is 3.18. The van der Waals surface area contributed by atoms with Gasteiger partial charge in [0.2, 0.25) is 0 Å². The van der Waals surface area contributed by atoms with Crippen molar-refractivity contribution >= 4 is 0 Å². The van der Waals surface area contributed by atoms with Gasteiger partial charge in [-0.05, 0) is 30.5 Å². The Labute approximate surface area is 122 Å². The first-order valence-electron chi connectivity index (χ1n) is 7.11. The summed E-state index contributed by atoms with van der Waals surface area (Å²) < 4.78 is 43.6. The molecular formula is C15H21F3N2O. The molecule has 0 aromatic heterocycles. The van der Waals surface area contributed by atoms with Crippen LogP contribution in [0.5, 0.6) is 0 Å². The SMILES string of the molecule is COC1(C(NN)c2ccc(C(F)(F)F)cc2)CCCCC1. The third kappa shape index (κ3) is 3.39. The highest BCUT2D eigenvalue weighted by Crippen LogP contribution is 2.41. The molecule has 0 aliphatic heterocycles. The highest BCUT2D eigenvalue weighted by Gasteiger charge is 2.41. The van der Waals surface area contributed by atoms with Crippen LogP contribution in [0.4, 0.5) is 13.2 Å². The van der Waals surface area contributed by atoms with E-state index in [1.54, 1.807) is 7.11 Å². The number of nitrogens with two attached hydrogens (primary N) is 1. The molecule has 1 fully saturated rings. The van der Waals surface area contributed by atoms with Crippen molar-refractivity contribution in [1.29, 1.82) is 0 Å². The Hall–Kier alpha value is -1.11. The lowest BCUT2D eigenvalue weighted by Crippen LogP contribution is -2.49. The molecule has 3 nitrogen and oxygen atoms in total. The summed E-state index contributed by atoms with van der Waals surface area (Å²) in [7, 11) is 1.64. The second-order valence-electron chi connectivity index (χ2n) is 5.55. The second kappa shape index (κ2) is 6.34. The van der Waals surface area contributed by atoms with Gasteiger partial charge in [-0.2, -0.15) is 13.2 Å².